The first-order valence-electron chi connectivity index (χ1n) is 4.13. The van der Waals surface area contributed by atoms with Crippen LogP contribution in [0.25, 0.3) is 0 Å². The number of halogens is 1. The second kappa shape index (κ2) is 3.06. The number of rotatable bonds is 1. The minimum Gasteiger partial charge on any atom is -0.189 e. The summed E-state index contributed by atoms with van der Waals surface area (Å²) in [4.78, 5) is 0.953. The first-order chi connectivity index (χ1) is 6.09. The van der Waals surface area contributed by atoms with E-state index in [0.717, 1.165) is 29.7 Å². The zero-order valence-electron chi connectivity index (χ0n) is 6.92. The molecule has 0 aliphatic heterocycles. The van der Waals surface area contributed by atoms with Crippen LogP contribution in [0.3, 0.4) is 0 Å². The lowest BCUT2D eigenvalue weighted by atomic mass is 10.00. The summed E-state index contributed by atoms with van der Waals surface area (Å²) in [5.74, 6) is 0. The maximum atomic E-state index is 12.7. The Labute approximate surface area is 80.6 Å². The highest BCUT2D eigenvalue weighted by atomic mass is 32.3. The maximum Gasteiger partial charge on any atom is 0.333 e. The van der Waals surface area contributed by atoms with E-state index >= 15 is 0 Å². The molecule has 1 heterocycles. The number of thiophene rings is 1. The van der Waals surface area contributed by atoms with Crippen molar-refractivity contribution in [1.29, 1.82) is 0 Å². The van der Waals surface area contributed by atoms with E-state index in [1.165, 1.54) is 16.7 Å². The Morgan fingerprint density at radius 2 is 2.00 bits per heavy atom. The zero-order valence-corrected chi connectivity index (χ0v) is 8.55. The molecule has 1 aliphatic rings. The second-order valence-electron chi connectivity index (χ2n) is 3.15. The van der Waals surface area contributed by atoms with Gasteiger partial charge in [0.15, 0.2) is 0 Å². The van der Waals surface area contributed by atoms with E-state index in [1.54, 1.807) is 0 Å². The van der Waals surface area contributed by atoms with Gasteiger partial charge >= 0.3 is 10.2 Å². The molecule has 0 amide bonds. The van der Waals surface area contributed by atoms with Crippen LogP contribution < -0.4 is 0 Å². The summed E-state index contributed by atoms with van der Waals surface area (Å²) in [5, 5.41) is 1.42. The Hall–Kier alpha value is -0.420. The predicted molar refractivity (Wildman–Crippen MR) is 49.3 cm³/mol. The molecule has 0 aromatic carbocycles. The molecule has 2 nitrogen and oxygen atoms in total. The Morgan fingerprint density at radius 1 is 1.31 bits per heavy atom. The normalized spacial score (nSPS) is 17.0. The molecular weight excluding hydrogens is 211 g/mol. The van der Waals surface area contributed by atoms with Gasteiger partial charge in [-0.3, -0.25) is 0 Å². The topological polar surface area (TPSA) is 34.1 Å². The van der Waals surface area contributed by atoms with Crippen LogP contribution in [0.4, 0.5) is 3.89 Å². The van der Waals surface area contributed by atoms with E-state index < -0.39 is 10.2 Å². The average Bonchev–Trinajstić information content (AvgIpc) is 2.45. The van der Waals surface area contributed by atoms with Gasteiger partial charge in [-0.1, -0.05) is 0 Å². The summed E-state index contributed by atoms with van der Waals surface area (Å²) in [6, 6.07) is 0. The van der Waals surface area contributed by atoms with Gasteiger partial charge in [0.2, 0.25) is 0 Å². The number of hydrogen-bond acceptors (Lipinski definition) is 3. The van der Waals surface area contributed by atoms with Crippen molar-refractivity contribution in [2.75, 3.05) is 0 Å². The fraction of sp³-hybridized carbons (Fsp3) is 0.500. The van der Waals surface area contributed by atoms with Crippen molar-refractivity contribution in [3.05, 3.63) is 15.8 Å². The summed E-state index contributed by atoms with van der Waals surface area (Å²) in [5.41, 5.74) is 0.721. The highest BCUT2D eigenvalue weighted by Crippen LogP contribution is 2.33. The Balaban J connectivity index is 2.55. The predicted octanol–water partition coefficient (Wildman–Crippen LogP) is 2.29. The number of fused-ring (bicyclic) bond motifs is 1. The standard InChI is InChI=1S/C8H9FO2S2/c9-13(10,11)8-5-12-7-4-2-1-3-6(7)8/h5H,1-4H2. The molecule has 0 spiro atoms. The average molecular weight is 220 g/mol. The van der Waals surface area contributed by atoms with E-state index in [1.807, 2.05) is 0 Å². The van der Waals surface area contributed by atoms with Crippen LogP contribution in [0.2, 0.25) is 0 Å². The molecule has 2 rings (SSSR count). The van der Waals surface area contributed by atoms with Gasteiger partial charge in [0.05, 0.1) is 0 Å². The lowest BCUT2D eigenvalue weighted by molar-refractivity contribution is 0.549. The Bertz CT molecular complexity index is 419. The van der Waals surface area contributed by atoms with E-state index in [4.69, 9.17) is 0 Å². The van der Waals surface area contributed by atoms with Crippen LogP contribution in [-0.2, 0) is 23.1 Å². The van der Waals surface area contributed by atoms with Crippen molar-refractivity contribution in [2.45, 2.75) is 30.6 Å². The molecule has 0 bridgehead atoms. The van der Waals surface area contributed by atoms with Gasteiger partial charge in [-0.25, -0.2) is 0 Å². The molecule has 72 valence electrons. The highest BCUT2D eigenvalue weighted by Gasteiger charge is 2.23. The molecule has 0 fully saturated rings. The van der Waals surface area contributed by atoms with Gasteiger partial charge in [0.25, 0.3) is 0 Å². The largest absolute Gasteiger partial charge is 0.333 e. The summed E-state index contributed by atoms with van der Waals surface area (Å²) in [6.07, 6.45) is 3.65. The van der Waals surface area contributed by atoms with Crippen LogP contribution in [0.5, 0.6) is 0 Å². The van der Waals surface area contributed by atoms with Gasteiger partial charge in [-0.15, -0.1) is 15.2 Å². The summed E-state index contributed by atoms with van der Waals surface area (Å²) < 4.78 is 34.1. The molecule has 0 atom stereocenters. The molecule has 1 aromatic rings. The van der Waals surface area contributed by atoms with E-state index in [0.29, 0.717) is 6.42 Å². The van der Waals surface area contributed by atoms with Crippen molar-refractivity contribution < 1.29 is 12.3 Å². The molecule has 0 unspecified atom stereocenters. The third-order valence-electron chi connectivity index (χ3n) is 2.29. The van der Waals surface area contributed by atoms with Crippen LogP contribution in [0.1, 0.15) is 23.3 Å². The van der Waals surface area contributed by atoms with E-state index in [-0.39, 0.29) is 4.90 Å². The summed E-state index contributed by atoms with van der Waals surface area (Å²) in [7, 11) is -4.49. The monoisotopic (exact) mass is 220 g/mol. The zero-order chi connectivity index (χ0) is 9.47. The van der Waals surface area contributed by atoms with Gasteiger partial charge in [0.1, 0.15) is 4.90 Å². The quantitative estimate of drug-likeness (QED) is 0.680. The minimum absolute atomic E-state index is 0.0906. The van der Waals surface area contributed by atoms with Crippen molar-refractivity contribution in [3.63, 3.8) is 0 Å². The lowest BCUT2D eigenvalue weighted by Crippen LogP contribution is -2.02. The molecule has 0 N–H and O–H groups in total. The molecule has 0 radical (unpaired) electrons. The SMILES string of the molecule is O=S(=O)(F)c1csc2c1CCCC2. The van der Waals surface area contributed by atoms with Crippen LogP contribution in [0, 0.1) is 0 Å². The van der Waals surface area contributed by atoms with Gasteiger partial charge in [-0.2, -0.15) is 8.42 Å². The summed E-state index contributed by atoms with van der Waals surface area (Å²) >= 11 is 1.36. The molecule has 0 saturated carbocycles. The molecule has 5 heteroatoms. The van der Waals surface area contributed by atoms with Crippen LogP contribution in [0.15, 0.2) is 10.3 Å². The van der Waals surface area contributed by atoms with Gasteiger partial charge in [0, 0.05) is 10.3 Å². The van der Waals surface area contributed by atoms with Crippen molar-refractivity contribution in [3.8, 4) is 0 Å². The smallest absolute Gasteiger partial charge is 0.189 e. The third kappa shape index (κ3) is 1.62. The first-order valence-corrected chi connectivity index (χ1v) is 6.39. The number of aryl methyl sites for hydroxylation is 1. The van der Waals surface area contributed by atoms with Crippen molar-refractivity contribution in [1.82, 2.24) is 0 Å². The van der Waals surface area contributed by atoms with E-state index in [2.05, 4.69) is 0 Å². The molecule has 13 heavy (non-hydrogen) atoms. The van der Waals surface area contributed by atoms with Gasteiger partial charge < -0.3 is 0 Å². The first kappa shape index (κ1) is 9.15. The van der Waals surface area contributed by atoms with Crippen molar-refractivity contribution in [2.24, 2.45) is 0 Å². The lowest BCUT2D eigenvalue weighted by Gasteiger charge is -2.10. The number of hydrogen-bond donors (Lipinski definition) is 0. The second-order valence-corrected chi connectivity index (χ2v) is 5.43. The highest BCUT2D eigenvalue weighted by molar-refractivity contribution is 7.86. The maximum absolute atomic E-state index is 12.7. The Kier molecular flexibility index (Phi) is 2.15. The molecular formula is C8H9FO2S2. The summed E-state index contributed by atoms with van der Waals surface area (Å²) in [6.45, 7) is 0. The fourth-order valence-electron chi connectivity index (χ4n) is 1.67. The third-order valence-corrected chi connectivity index (χ3v) is 4.41. The van der Waals surface area contributed by atoms with Crippen molar-refractivity contribution >= 4 is 21.6 Å². The Morgan fingerprint density at radius 3 is 2.69 bits per heavy atom. The molecule has 1 aromatic heterocycles. The van der Waals surface area contributed by atoms with Crippen LogP contribution in [-0.4, -0.2) is 8.42 Å². The minimum atomic E-state index is -4.49. The molecule has 0 saturated heterocycles. The van der Waals surface area contributed by atoms with Crippen LogP contribution >= 0.6 is 11.3 Å². The van der Waals surface area contributed by atoms with E-state index in [9.17, 15) is 12.3 Å². The van der Waals surface area contributed by atoms with Gasteiger partial charge in [-0.05, 0) is 31.2 Å². The molecule has 1 aliphatic carbocycles. The fourth-order valence-corrected chi connectivity index (χ4v) is 3.87.